The molecule has 0 aromatic heterocycles. The Morgan fingerprint density at radius 1 is 1.26 bits per heavy atom. The zero-order chi connectivity index (χ0) is 20.3. The monoisotopic (exact) mass is 376 g/mol. The van der Waals surface area contributed by atoms with E-state index >= 15 is 0 Å². The number of fused-ring (bicyclic) bond motifs is 1. The fourth-order valence-corrected chi connectivity index (χ4v) is 3.31. The molecule has 2 aliphatic rings. The van der Waals surface area contributed by atoms with E-state index in [2.05, 4.69) is 6.58 Å². The summed E-state index contributed by atoms with van der Waals surface area (Å²) >= 11 is 0. The van der Waals surface area contributed by atoms with Gasteiger partial charge in [-0.15, -0.1) is 0 Å². The summed E-state index contributed by atoms with van der Waals surface area (Å²) in [6, 6.07) is 0. The third-order valence-electron chi connectivity index (χ3n) is 4.85. The van der Waals surface area contributed by atoms with Crippen molar-refractivity contribution in [3.63, 3.8) is 0 Å². The van der Waals surface area contributed by atoms with E-state index in [1.54, 1.807) is 19.9 Å². The summed E-state index contributed by atoms with van der Waals surface area (Å²) in [5.41, 5.74) is 2.06. The zero-order valence-electron chi connectivity index (χ0n) is 16.6. The summed E-state index contributed by atoms with van der Waals surface area (Å²) in [5.74, 6) is -1.95. The van der Waals surface area contributed by atoms with Gasteiger partial charge < -0.3 is 14.2 Å². The Labute approximate surface area is 160 Å². The van der Waals surface area contributed by atoms with Gasteiger partial charge in [0.2, 0.25) is 0 Å². The van der Waals surface area contributed by atoms with E-state index in [0.717, 1.165) is 11.1 Å². The Morgan fingerprint density at radius 3 is 2.52 bits per heavy atom. The van der Waals surface area contributed by atoms with E-state index in [0.29, 0.717) is 18.4 Å². The van der Waals surface area contributed by atoms with Crippen molar-refractivity contribution in [3.05, 3.63) is 35.5 Å². The van der Waals surface area contributed by atoms with E-state index in [1.807, 2.05) is 19.9 Å². The molecule has 6 heteroatoms. The van der Waals surface area contributed by atoms with Gasteiger partial charge in [-0.25, -0.2) is 4.79 Å². The minimum absolute atomic E-state index is 0.278. The number of esters is 3. The molecule has 0 aromatic carbocycles. The van der Waals surface area contributed by atoms with Crippen molar-refractivity contribution in [2.45, 2.75) is 65.8 Å². The molecule has 4 atom stereocenters. The quantitative estimate of drug-likeness (QED) is 0.326. The standard InChI is InChI=1S/C21H28O6/c1-11(2)20(23)26-17-9-12(3)7-8-16(25-15(6)22)13(4)10-18-19(17)14(5)21(24)27-18/h7,10-11,16-19H,5,8-9H2,1-4,6H3. The van der Waals surface area contributed by atoms with Gasteiger partial charge in [-0.3, -0.25) is 9.59 Å². The fourth-order valence-electron chi connectivity index (χ4n) is 3.31. The Morgan fingerprint density at radius 2 is 1.93 bits per heavy atom. The van der Waals surface area contributed by atoms with Crippen LogP contribution in [0.25, 0.3) is 0 Å². The lowest BCUT2D eigenvalue weighted by atomic mass is 9.85. The molecule has 6 nitrogen and oxygen atoms in total. The van der Waals surface area contributed by atoms with Crippen molar-refractivity contribution in [2.24, 2.45) is 11.8 Å². The van der Waals surface area contributed by atoms with Crippen molar-refractivity contribution >= 4 is 17.9 Å². The SMILES string of the molecule is C=C1C(=O)OC2C=C(C)C(OC(C)=O)CC=C(C)CC(OC(=O)C(C)C)C12. The molecule has 1 aliphatic carbocycles. The van der Waals surface area contributed by atoms with Crippen LogP contribution in [0.5, 0.6) is 0 Å². The highest BCUT2D eigenvalue weighted by atomic mass is 16.6. The molecular weight excluding hydrogens is 348 g/mol. The summed E-state index contributed by atoms with van der Waals surface area (Å²) in [7, 11) is 0. The summed E-state index contributed by atoms with van der Waals surface area (Å²) in [4.78, 5) is 35.8. The fraction of sp³-hybridized carbons (Fsp3) is 0.571. The molecule has 0 amide bonds. The van der Waals surface area contributed by atoms with Crippen LogP contribution in [0.4, 0.5) is 0 Å². The predicted molar refractivity (Wildman–Crippen MR) is 99.5 cm³/mol. The van der Waals surface area contributed by atoms with Gasteiger partial charge in [-0.05, 0) is 25.5 Å². The first kappa shape index (κ1) is 20.9. The first-order valence-corrected chi connectivity index (χ1v) is 9.21. The van der Waals surface area contributed by atoms with Gasteiger partial charge in [0.25, 0.3) is 0 Å². The van der Waals surface area contributed by atoms with Crippen LogP contribution in [0.15, 0.2) is 35.5 Å². The second-order valence-electron chi connectivity index (χ2n) is 7.55. The van der Waals surface area contributed by atoms with Gasteiger partial charge in [-0.2, -0.15) is 0 Å². The molecule has 148 valence electrons. The van der Waals surface area contributed by atoms with Crippen molar-refractivity contribution in [1.29, 1.82) is 0 Å². The maximum atomic E-state index is 12.2. The zero-order valence-corrected chi connectivity index (χ0v) is 16.6. The third kappa shape index (κ3) is 5.08. The lowest BCUT2D eigenvalue weighted by Gasteiger charge is -2.29. The van der Waals surface area contributed by atoms with Crippen LogP contribution in [-0.2, 0) is 28.6 Å². The lowest BCUT2D eigenvalue weighted by Crippen LogP contribution is -2.35. The highest BCUT2D eigenvalue weighted by molar-refractivity contribution is 5.91. The molecule has 0 saturated carbocycles. The summed E-state index contributed by atoms with van der Waals surface area (Å²) in [5, 5.41) is 0. The topological polar surface area (TPSA) is 78.9 Å². The van der Waals surface area contributed by atoms with Crippen LogP contribution in [0.1, 0.15) is 47.5 Å². The maximum absolute atomic E-state index is 12.2. The van der Waals surface area contributed by atoms with Crippen LogP contribution in [0, 0.1) is 11.8 Å². The highest BCUT2D eigenvalue weighted by Gasteiger charge is 2.44. The van der Waals surface area contributed by atoms with Gasteiger partial charge in [-0.1, -0.05) is 32.1 Å². The van der Waals surface area contributed by atoms with Gasteiger partial charge in [0, 0.05) is 25.3 Å². The first-order chi connectivity index (χ1) is 12.6. The Hall–Kier alpha value is -2.37. The minimum Gasteiger partial charge on any atom is -0.461 e. The van der Waals surface area contributed by atoms with Crippen LogP contribution in [0.2, 0.25) is 0 Å². The largest absolute Gasteiger partial charge is 0.461 e. The van der Waals surface area contributed by atoms with Crippen LogP contribution < -0.4 is 0 Å². The molecule has 0 aromatic rings. The summed E-state index contributed by atoms with van der Waals surface area (Å²) in [6.07, 6.45) is 3.12. The number of rotatable bonds is 3. The second-order valence-corrected chi connectivity index (χ2v) is 7.55. The Balaban J connectivity index is 2.42. The molecule has 0 N–H and O–H groups in total. The Kier molecular flexibility index (Phi) is 6.63. The van der Waals surface area contributed by atoms with Gasteiger partial charge in [0.15, 0.2) is 0 Å². The van der Waals surface area contributed by atoms with E-state index in [1.165, 1.54) is 6.92 Å². The first-order valence-electron chi connectivity index (χ1n) is 9.21. The number of ether oxygens (including phenoxy) is 3. The van der Waals surface area contributed by atoms with Crippen LogP contribution in [0.3, 0.4) is 0 Å². The molecule has 27 heavy (non-hydrogen) atoms. The van der Waals surface area contributed by atoms with E-state index in [-0.39, 0.29) is 17.9 Å². The molecule has 1 aliphatic heterocycles. The molecule has 4 unspecified atom stereocenters. The molecule has 0 bridgehead atoms. The minimum atomic E-state index is -0.612. The highest BCUT2D eigenvalue weighted by Crippen LogP contribution is 2.36. The maximum Gasteiger partial charge on any atom is 0.334 e. The number of carbonyl (C=O) groups is 3. The average Bonchev–Trinajstić information content (AvgIpc) is 2.83. The van der Waals surface area contributed by atoms with Gasteiger partial charge >= 0.3 is 17.9 Å². The summed E-state index contributed by atoms with van der Waals surface area (Å²) in [6.45, 7) is 12.5. The number of hydrogen-bond acceptors (Lipinski definition) is 6. The molecular formula is C21H28O6. The van der Waals surface area contributed by atoms with Crippen LogP contribution in [-0.4, -0.2) is 36.2 Å². The number of hydrogen-bond donors (Lipinski definition) is 0. The third-order valence-corrected chi connectivity index (χ3v) is 4.85. The van der Waals surface area contributed by atoms with Gasteiger partial charge in [0.1, 0.15) is 18.3 Å². The average molecular weight is 376 g/mol. The van der Waals surface area contributed by atoms with Crippen LogP contribution >= 0.6 is 0 Å². The molecule has 0 radical (unpaired) electrons. The second kappa shape index (κ2) is 8.55. The van der Waals surface area contributed by atoms with Gasteiger partial charge in [0.05, 0.1) is 11.8 Å². The number of carbonyl (C=O) groups excluding carboxylic acids is 3. The van der Waals surface area contributed by atoms with Crippen molar-refractivity contribution in [3.8, 4) is 0 Å². The molecule has 2 rings (SSSR count). The molecule has 1 fully saturated rings. The van der Waals surface area contributed by atoms with Crippen molar-refractivity contribution in [1.82, 2.24) is 0 Å². The molecule has 1 saturated heterocycles. The van der Waals surface area contributed by atoms with E-state index in [4.69, 9.17) is 14.2 Å². The lowest BCUT2D eigenvalue weighted by molar-refractivity contribution is -0.155. The summed E-state index contributed by atoms with van der Waals surface area (Å²) < 4.78 is 16.6. The van der Waals surface area contributed by atoms with E-state index < -0.39 is 30.2 Å². The normalized spacial score (nSPS) is 28.7. The Bertz CT molecular complexity index is 699. The molecule has 0 spiro atoms. The smallest absolute Gasteiger partial charge is 0.334 e. The van der Waals surface area contributed by atoms with Crippen molar-refractivity contribution < 1.29 is 28.6 Å². The predicted octanol–water partition coefficient (Wildman–Crippen LogP) is 3.27. The van der Waals surface area contributed by atoms with E-state index in [9.17, 15) is 14.4 Å². The molecule has 1 heterocycles. The van der Waals surface area contributed by atoms with Crippen molar-refractivity contribution in [2.75, 3.05) is 0 Å².